The number of rotatable bonds is 7. The summed E-state index contributed by atoms with van der Waals surface area (Å²) in [5, 5.41) is 4.96. The molecule has 0 aliphatic heterocycles. The van der Waals surface area contributed by atoms with E-state index in [0.29, 0.717) is 11.5 Å². The Balaban J connectivity index is 1.35. The maximum absolute atomic E-state index is 12.7. The van der Waals surface area contributed by atoms with Gasteiger partial charge in [0.2, 0.25) is 0 Å². The van der Waals surface area contributed by atoms with E-state index in [2.05, 4.69) is 43.2 Å². The lowest BCUT2D eigenvalue weighted by molar-refractivity contribution is 0.103. The highest BCUT2D eigenvalue weighted by Gasteiger charge is 2.11. The fourth-order valence-corrected chi connectivity index (χ4v) is 4.55. The van der Waals surface area contributed by atoms with E-state index >= 15 is 0 Å². The van der Waals surface area contributed by atoms with Crippen molar-refractivity contribution >= 4 is 22.9 Å². The van der Waals surface area contributed by atoms with Crippen LogP contribution in [-0.4, -0.2) is 10.9 Å². The van der Waals surface area contributed by atoms with Gasteiger partial charge in [0, 0.05) is 23.6 Å². The molecule has 2 aromatic heterocycles. The normalized spacial score (nSPS) is 10.7. The lowest BCUT2D eigenvalue weighted by Gasteiger charge is -2.12. The van der Waals surface area contributed by atoms with Crippen molar-refractivity contribution < 1.29 is 9.53 Å². The van der Waals surface area contributed by atoms with Crippen LogP contribution >= 0.6 is 11.3 Å². The van der Waals surface area contributed by atoms with E-state index in [1.54, 1.807) is 12.4 Å². The highest BCUT2D eigenvalue weighted by molar-refractivity contribution is 7.12. The van der Waals surface area contributed by atoms with Crippen molar-refractivity contribution in [3.63, 3.8) is 0 Å². The monoisotopic (exact) mass is 442 g/mol. The van der Waals surface area contributed by atoms with E-state index in [1.807, 2.05) is 47.8 Å². The van der Waals surface area contributed by atoms with E-state index in [-0.39, 0.29) is 5.91 Å². The first kappa shape index (κ1) is 21.8. The average molecular weight is 443 g/mol. The molecule has 0 atom stereocenters. The van der Waals surface area contributed by atoms with Gasteiger partial charge in [-0.3, -0.25) is 9.78 Å². The first-order valence-corrected chi connectivity index (χ1v) is 11.4. The summed E-state index contributed by atoms with van der Waals surface area (Å²) >= 11 is 1.43. The Morgan fingerprint density at radius 1 is 0.906 bits per heavy atom. The van der Waals surface area contributed by atoms with Crippen LogP contribution in [0.3, 0.4) is 0 Å². The molecule has 0 saturated carbocycles. The van der Waals surface area contributed by atoms with Gasteiger partial charge in [0.15, 0.2) is 0 Å². The average Bonchev–Trinajstić information content (AvgIpc) is 3.24. The first-order chi connectivity index (χ1) is 15.5. The smallest absolute Gasteiger partial charge is 0.265 e. The largest absolute Gasteiger partial charge is 0.488 e. The molecular weight excluding hydrogens is 416 g/mol. The lowest BCUT2D eigenvalue weighted by atomic mass is 10.1. The number of aryl methyl sites for hydroxylation is 3. The third-order valence-electron chi connectivity index (χ3n) is 5.23. The molecule has 5 heteroatoms. The molecule has 0 bridgehead atoms. The second-order valence-corrected chi connectivity index (χ2v) is 8.93. The maximum atomic E-state index is 12.7. The minimum Gasteiger partial charge on any atom is -0.488 e. The number of pyridine rings is 1. The lowest BCUT2D eigenvalue weighted by Crippen LogP contribution is -2.10. The molecule has 0 unspecified atom stereocenters. The maximum Gasteiger partial charge on any atom is 0.265 e. The van der Waals surface area contributed by atoms with Gasteiger partial charge in [0.1, 0.15) is 12.4 Å². The van der Waals surface area contributed by atoms with Crippen molar-refractivity contribution in [2.75, 3.05) is 5.32 Å². The zero-order valence-electron chi connectivity index (χ0n) is 18.5. The van der Waals surface area contributed by atoms with Crippen LogP contribution in [-0.2, 0) is 13.0 Å². The second-order valence-electron chi connectivity index (χ2n) is 8.02. The van der Waals surface area contributed by atoms with Crippen LogP contribution in [0.25, 0.3) is 0 Å². The van der Waals surface area contributed by atoms with Crippen LogP contribution < -0.4 is 10.1 Å². The van der Waals surface area contributed by atoms with Gasteiger partial charge in [-0.25, -0.2) is 0 Å². The number of hydrogen-bond donors (Lipinski definition) is 1. The predicted octanol–water partition coefficient (Wildman–Crippen LogP) is 6.49. The molecule has 162 valence electrons. The van der Waals surface area contributed by atoms with Crippen molar-refractivity contribution in [2.45, 2.75) is 33.8 Å². The standard InChI is InChI=1S/C27H26N2O2S/c1-18-12-19(2)26(20(3)13-18)31-16-23-15-25(32-17-23)27(30)29-24-6-4-21(5-7-24)14-22-8-10-28-11-9-22/h4-13,15,17H,14,16H2,1-3H3,(H,29,30). The fraction of sp³-hybridized carbons (Fsp3) is 0.185. The van der Waals surface area contributed by atoms with Gasteiger partial charge in [-0.15, -0.1) is 11.3 Å². The zero-order chi connectivity index (χ0) is 22.5. The summed E-state index contributed by atoms with van der Waals surface area (Å²) in [5.74, 6) is 0.811. The molecule has 1 N–H and O–H groups in total. The van der Waals surface area contributed by atoms with E-state index in [1.165, 1.54) is 28.0 Å². The van der Waals surface area contributed by atoms with Crippen LogP contribution in [0, 0.1) is 20.8 Å². The Bertz CT molecular complexity index is 1190. The summed E-state index contributed by atoms with van der Waals surface area (Å²) in [7, 11) is 0. The molecule has 4 aromatic rings. The van der Waals surface area contributed by atoms with Gasteiger partial charge in [-0.1, -0.05) is 29.8 Å². The molecule has 1 amide bonds. The van der Waals surface area contributed by atoms with Gasteiger partial charge >= 0.3 is 0 Å². The van der Waals surface area contributed by atoms with Crippen LogP contribution in [0.5, 0.6) is 5.75 Å². The fourth-order valence-electron chi connectivity index (χ4n) is 3.76. The highest BCUT2D eigenvalue weighted by atomic mass is 32.1. The van der Waals surface area contributed by atoms with Crippen LogP contribution in [0.15, 0.2) is 72.4 Å². The Hall–Kier alpha value is -3.44. The summed E-state index contributed by atoms with van der Waals surface area (Å²) in [6.07, 6.45) is 4.44. The van der Waals surface area contributed by atoms with Crippen LogP contribution in [0.2, 0.25) is 0 Å². The van der Waals surface area contributed by atoms with Gasteiger partial charge in [-0.2, -0.15) is 0 Å². The van der Waals surface area contributed by atoms with Crippen LogP contribution in [0.1, 0.15) is 43.1 Å². The molecule has 2 heterocycles. The molecular formula is C27H26N2O2S. The molecule has 4 rings (SSSR count). The molecule has 4 nitrogen and oxygen atoms in total. The number of carbonyl (C=O) groups excluding carboxylic acids is 1. The molecule has 0 radical (unpaired) electrons. The SMILES string of the molecule is Cc1cc(C)c(OCc2csc(C(=O)Nc3ccc(Cc4ccncc4)cc3)c2)c(C)c1. The first-order valence-electron chi connectivity index (χ1n) is 10.5. The zero-order valence-corrected chi connectivity index (χ0v) is 19.3. The van der Waals surface area contributed by atoms with Crippen molar-refractivity contribution in [3.05, 3.63) is 111 Å². The summed E-state index contributed by atoms with van der Waals surface area (Å²) in [5.41, 5.74) is 7.66. The number of nitrogens with one attached hydrogen (secondary N) is 1. The topological polar surface area (TPSA) is 51.2 Å². The molecule has 2 aromatic carbocycles. The number of carbonyl (C=O) groups is 1. The van der Waals surface area contributed by atoms with E-state index < -0.39 is 0 Å². The third-order valence-corrected chi connectivity index (χ3v) is 6.21. The number of amides is 1. The van der Waals surface area contributed by atoms with Gasteiger partial charge in [-0.05, 0) is 85.2 Å². The quantitative estimate of drug-likeness (QED) is 0.356. The van der Waals surface area contributed by atoms with Crippen molar-refractivity contribution in [1.82, 2.24) is 4.98 Å². The summed E-state index contributed by atoms with van der Waals surface area (Å²) in [4.78, 5) is 17.4. The number of anilines is 1. The molecule has 0 aliphatic carbocycles. The molecule has 0 spiro atoms. The third kappa shape index (κ3) is 5.42. The molecule has 0 fully saturated rings. The van der Waals surface area contributed by atoms with E-state index in [9.17, 15) is 4.79 Å². The summed E-state index contributed by atoms with van der Waals surface area (Å²) < 4.78 is 6.05. The molecule has 0 aliphatic rings. The van der Waals surface area contributed by atoms with Gasteiger partial charge < -0.3 is 10.1 Å². The number of hydrogen-bond acceptors (Lipinski definition) is 4. The second kappa shape index (κ2) is 9.79. The summed E-state index contributed by atoms with van der Waals surface area (Å²) in [6, 6.07) is 18.1. The Kier molecular flexibility index (Phi) is 6.66. The number of thiophene rings is 1. The van der Waals surface area contributed by atoms with Gasteiger partial charge in [0.05, 0.1) is 4.88 Å². The van der Waals surface area contributed by atoms with E-state index in [4.69, 9.17) is 4.74 Å². The number of ether oxygens (including phenoxy) is 1. The highest BCUT2D eigenvalue weighted by Crippen LogP contribution is 2.26. The number of nitrogens with zero attached hydrogens (tertiary/aromatic N) is 1. The predicted molar refractivity (Wildman–Crippen MR) is 131 cm³/mol. The van der Waals surface area contributed by atoms with Crippen molar-refractivity contribution in [2.24, 2.45) is 0 Å². The Labute approximate surface area is 192 Å². The van der Waals surface area contributed by atoms with Crippen molar-refractivity contribution in [1.29, 1.82) is 0 Å². The van der Waals surface area contributed by atoms with Gasteiger partial charge in [0.25, 0.3) is 5.91 Å². The molecule has 32 heavy (non-hydrogen) atoms. The Morgan fingerprint density at radius 3 is 2.25 bits per heavy atom. The number of benzene rings is 2. The summed E-state index contributed by atoms with van der Waals surface area (Å²) in [6.45, 7) is 6.65. The Morgan fingerprint density at radius 2 is 1.56 bits per heavy atom. The van der Waals surface area contributed by atoms with Crippen LogP contribution in [0.4, 0.5) is 5.69 Å². The minimum atomic E-state index is -0.106. The number of aromatic nitrogens is 1. The molecule has 0 saturated heterocycles. The van der Waals surface area contributed by atoms with E-state index in [0.717, 1.165) is 34.5 Å². The van der Waals surface area contributed by atoms with Crippen molar-refractivity contribution in [3.8, 4) is 5.75 Å². The minimum absolute atomic E-state index is 0.106.